The summed E-state index contributed by atoms with van der Waals surface area (Å²) in [5.41, 5.74) is 0. The zero-order valence-corrected chi connectivity index (χ0v) is 7.34. The van der Waals surface area contributed by atoms with Gasteiger partial charge in [0.15, 0.2) is 0 Å². The first-order valence-corrected chi connectivity index (χ1v) is 4.26. The molecule has 1 aromatic heterocycles. The van der Waals surface area contributed by atoms with E-state index in [-0.39, 0.29) is 6.17 Å². The Kier molecular flexibility index (Phi) is 2.05. The quantitative estimate of drug-likeness (QED) is 0.611. The van der Waals surface area contributed by atoms with Crippen molar-refractivity contribution in [2.24, 2.45) is 0 Å². The molecule has 4 nitrogen and oxygen atoms in total. The maximum absolute atomic E-state index is 5.06. The SMILES string of the molecule is S=C1CC(n2cccn2)NCN1. The first-order valence-electron chi connectivity index (χ1n) is 3.85. The third-order valence-corrected chi connectivity index (χ3v) is 2.16. The van der Waals surface area contributed by atoms with Gasteiger partial charge in [-0.15, -0.1) is 0 Å². The molecule has 0 amide bonds. The summed E-state index contributed by atoms with van der Waals surface area (Å²) in [7, 11) is 0. The first kappa shape index (κ1) is 7.70. The largest absolute Gasteiger partial charge is 0.367 e. The number of thiocarbonyl (C=S) groups is 1. The van der Waals surface area contributed by atoms with Crippen LogP contribution in [0.1, 0.15) is 12.6 Å². The number of rotatable bonds is 1. The van der Waals surface area contributed by atoms with Crippen molar-refractivity contribution in [3.8, 4) is 0 Å². The number of nitrogens with one attached hydrogen (secondary N) is 2. The normalized spacial score (nSPS) is 23.7. The van der Waals surface area contributed by atoms with Gasteiger partial charge < -0.3 is 5.32 Å². The van der Waals surface area contributed by atoms with E-state index in [4.69, 9.17) is 12.2 Å². The predicted octanol–water partition coefficient (Wildman–Crippen LogP) is 0.249. The highest BCUT2D eigenvalue weighted by Crippen LogP contribution is 2.08. The molecule has 1 aromatic rings. The maximum atomic E-state index is 5.06. The van der Waals surface area contributed by atoms with E-state index in [1.807, 2.05) is 16.9 Å². The lowest BCUT2D eigenvalue weighted by Gasteiger charge is -2.25. The second-order valence-corrected chi connectivity index (χ2v) is 3.18. The van der Waals surface area contributed by atoms with Gasteiger partial charge >= 0.3 is 0 Å². The van der Waals surface area contributed by atoms with E-state index in [1.54, 1.807) is 6.20 Å². The Morgan fingerprint density at radius 2 is 2.58 bits per heavy atom. The lowest BCUT2D eigenvalue weighted by atomic mass is 10.3. The van der Waals surface area contributed by atoms with E-state index < -0.39 is 0 Å². The smallest absolute Gasteiger partial charge is 0.109 e. The fourth-order valence-electron chi connectivity index (χ4n) is 1.24. The second-order valence-electron chi connectivity index (χ2n) is 2.69. The molecule has 2 rings (SSSR count). The van der Waals surface area contributed by atoms with Gasteiger partial charge in [-0.05, 0) is 6.07 Å². The Balaban J connectivity index is 2.09. The summed E-state index contributed by atoms with van der Waals surface area (Å²) in [6, 6.07) is 1.91. The van der Waals surface area contributed by atoms with Gasteiger partial charge in [0.2, 0.25) is 0 Å². The van der Waals surface area contributed by atoms with Crippen molar-refractivity contribution in [3.63, 3.8) is 0 Å². The van der Waals surface area contributed by atoms with Crippen LogP contribution in [0.3, 0.4) is 0 Å². The second kappa shape index (κ2) is 3.20. The van der Waals surface area contributed by atoms with Gasteiger partial charge in [0.05, 0.1) is 11.7 Å². The summed E-state index contributed by atoms with van der Waals surface area (Å²) >= 11 is 5.06. The maximum Gasteiger partial charge on any atom is 0.109 e. The van der Waals surface area contributed by atoms with Crippen LogP contribution in [0.4, 0.5) is 0 Å². The summed E-state index contributed by atoms with van der Waals surface area (Å²) in [6.45, 7) is 0.726. The van der Waals surface area contributed by atoms with Crippen LogP contribution < -0.4 is 10.6 Å². The van der Waals surface area contributed by atoms with Crippen LogP contribution in [0.25, 0.3) is 0 Å². The highest BCUT2D eigenvalue weighted by atomic mass is 32.1. The molecule has 0 radical (unpaired) electrons. The average Bonchev–Trinajstić information content (AvgIpc) is 2.56. The molecular formula is C7H10N4S. The van der Waals surface area contributed by atoms with Crippen LogP contribution in [-0.4, -0.2) is 21.4 Å². The minimum absolute atomic E-state index is 0.216. The molecule has 12 heavy (non-hydrogen) atoms. The van der Waals surface area contributed by atoms with Gasteiger partial charge in [0, 0.05) is 18.8 Å². The highest BCUT2D eigenvalue weighted by Gasteiger charge is 2.16. The topological polar surface area (TPSA) is 41.9 Å². The molecule has 64 valence electrons. The molecule has 5 heteroatoms. The summed E-state index contributed by atoms with van der Waals surface area (Å²) in [6.07, 6.45) is 4.74. The van der Waals surface area contributed by atoms with Crippen LogP contribution in [-0.2, 0) is 0 Å². The Bertz CT molecular complexity index is 269. The van der Waals surface area contributed by atoms with Crippen LogP contribution in [0.15, 0.2) is 18.5 Å². The Morgan fingerprint density at radius 1 is 1.67 bits per heavy atom. The monoisotopic (exact) mass is 182 g/mol. The molecule has 1 aliphatic heterocycles. The molecule has 1 unspecified atom stereocenters. The van der Waals surface area contributed by atoms with Crippen molar-refractivity contribution in [2.75, 3.05) is 6.67 Å². The minimum atomic E-state index is 0.216. The third-order valence-electron chi connectivity index (χ3n) is 1.85. The van der Waals surface area contributed by atoms with Gasteiger partial charge in [0.25, 0.3) is 0 Å². The van der Waals surface area contributed by atoms with E-state index in [0.29, 0.717) is 0 Å². The van der Waals surface area contributed by atoms with E-state index in [2.05, 4.69) is 15.7 Å². The van der Waals surface area contributed by atoms with E-state index in [1.165, 1.54) is 0 Å². The fourth-order valence-corrected chi connectivity index (χ4v) is 1.47. The summed E-state index contributed by atoms with van der Waals surface area (Å²) in [4.78, 5) is 0.897. The number of aromatic nitrogens is 2. The summed E-state index contributed by atoms with van der Waals surface area (Å²) in [5, 5.41) is 10.4. The van der Waals surface area contributed by atoms with Crippen molar-refractivity contribution in [2.45, 2.75) is 12.6 Å². The molecule has 1 fully saturated rings. The average molecular weight is 182 g/mol. The number of nitrogens with zero attached hydrogens (tertiary/aromatic N) is 2. The van der Waals surface area contributed by atoms with Crippen molar-refractivity contribution >= 4 is 17.2 Å². The molecule has 2 heterocycles. The standard InChI is InChI=1S/C7H10N4S/c12-7-4-6(8-5-9-7)11-3-1-2-10-11/h1-3,6,8H,4-5H2,(H,9,12). The summed E-state index contributed by atoms with van der Waals surface area (Å²) < 4.78 is 1.88. The van der Waals surface area contributed by atoms with Crippen molar-refractivity contribution in [1.29, 1.82) is 0 Å². The minimum Gasteiger partial charge on any atom is -0.367 e. The predicted molar refractivity (Wildman–Crippen MR) is 49.6 cm³/mol. The van der Waals surface area contributed by atoms with Crippen molar-refractivity contribution in [1.82, 2.24) is 20.4 Å². The van der Waals surface area contributed by atoms with E-state index >= 15 is 0 Å². The zero-order valence-electron chi connectivity index (χ0n) is 6.53. The Hall–Kier alpha value is -0.940. The lowest BCUT2D eigenvalue weighted by Crippen LogP contribution is -2.45. The van der Waals surface area contributed by atoms with Crippen LogP contribution in [0.2, 0.25) is 0 Å². The number of hydrogen-bond donors (Lipinski definition) is 2. The highest BCUT2D eigenvalue weighted by molar-refractivity contribution is 7.80. The van der Waals surface area contributed by atoms with E-state index in [0.717, 1.165) is 18.1 Å². The van der Waals surface area contributed by atoms with Crippen LogP contribution in [0.5, 0.6) is 0 Å². The molecular weight excluding hydrogens is 172 g/mol. The first-order chi connectivity index (χ1) is 5.86. The molecule has 2 N–H and O–H groups in total. The van der Waals surface area contributed by atoms with Gasteiger partial charge in [0.1, 0.15) is 6.17 Å². The van der Waals surface area contributed by atoms with E-state index in [9.17, 15) is 0 Å². The van der Waals surface area contributed by atoms with Gasteiger partial charge in [-0.25, -0.2) is 0 Å². The van der Waals surface area contributed by atoms with Crippen LogP contribution >= 0.6 is 12.2 Å². The zero-order chi connectivity index (χ0) is 8.39. The number of hydrogen-bond acceptors (Lipinski definition) is 3. The molecule has 0 bridgehead atoms. The molecule has 1 saturated heterocycles. The molecule has 1 atom stereocenters. The van der Waals surface area contributed by atoms with Gasteiger partial charge in [-0.2, -0.15) is 5.10 Å². The Morgan fingerprint density at radius 3 is 3.25 bits per heavy atom. The third kappa shape index (κ3) is 1.46. The fraction of sp³-hybridized carbons (Fsp3) is 0.429. The molecule has 0 saturated carbocycles. The van der Waals surface area contributed by atoms with Gasteiger partial charge in [-0.1, -0.05) is 12.2 Å². The lowest BCUT2D eigenvalue weighted by molar-refractivity contribution is 0.358. The van der Waals surface area contributed by atoms with Crippen LogP contribution in [0, 0.1) is 0 Å². The molecule has 0 aromatic carbocycles. The molecule has 1 aliphatic rings. The molecule has 0 aliphatic carbocycles. The van der Waals surface area contributed by atoms with Crippen molar-refractivity contribution < 1.29 is 0 Å². The molecule has 0 spiro atoms. The summed E-state index contributed by atoms with van der Waals surface area (Å²) in [5.74, 6) is 0. The van der Waals surface area contributed by atoms with Crippen molar-refractivity contribution in [3.05, 3.63) is 18.5 Å². The Labute approximate surface area is 76.0 Å². The van der Waals surface area contributed by atoms with Gasteiger partial charge in [-0.3, -0.25) is 10.00 Å².